The van der Waals surface area contributed by atoms with E-state index in [-0.39, 0.29) is 6.61 Å². The molecule has 1 fully saturated rings. The molecule has 0 radical (unpaired) electrons. The molecule has 0 atom stereocenters. The fourth-order valence-electron chi connectivity index (χ4n) is 2.00. The lowest BCUT2D eigenvalue weighted by atomic mass is 9.95. The standard InChI is InChI=1S/C11H18N2OS/c14-6-3-10-8-13-11(15-10)7-9-1-4-12-5-2-9/h8-9,12,14H,1-7H2. The molecule has 1 saturated heterocycles. The molecule has 3 nitrogen and oxygen atoms in total. The zero-order chi connectivity index (χ0) is 10.5. The van der Waals surface area contributed by atoms with Gasteiger partial charge < -0.3 is 10.4 Å². The van der Waals surface area contributed by atoms with E-state index >= 15 is 0 Å². The van der Waals surface area contributed by atoms with Crippen LogP contribution in [0.15, 0.2) is 6.20 Å². The van der Waals surface area contributed by atoms with Crippen LogP contribution in [0.4, 0.5) is 0 Å². The summed E-state index contributed by atoms with van der Waals surface area (Å²) in [6.07, 6.45) is 6.34. The van der Waals surface area contributed by atoms with Crippen molar-refractivity contribution in [3.8, 4) is 0 Å². The normalized spacial score (nSPS) is 18.2. The minimum Gasteiger partial charge on any atom is -0.396 e. The summed E-state index contributed by atoms with van der Waals surface area (Å²) < 4.78 is 0. The first-order valence-corrected chi connectivity index (χ1v) is 6.45. The van der Waals surface area contributed by atoms with Crippen molar-refractivity contribution in [1.29, 1.82) is 0 Å². The summed E-state index contributed by atoms with van der Waals surface area (Å²) in [4.78, 5) is 5.63. The number of aliphatic hydroxyl groups excluding tert-OH is 1. The molecule has 2 N–H and O–H groups in total. The van der Waals surface area contributed by atoms with E-state index in [1.54, 1.807) is 11.3 Å². The Bertz CT molecular complexity index is 295. The van der Waals surface area contributed by atoms with Gasteiger partial charge in [-0.3, -0.25) is 0 Å². The molecule has 0 saturated carbocycles. The Kier molecular flexibility index (Phi) is 4.11. The minimum absolute atomic E-state index is 0.231. The first kappa shape index (κ1) is 11.0. The summed E-state index contributed by atoms with van der Waals surface area (Å²) in [6, 6.07) is 0. The number of nitrogens with zero attached hydrogens (tertiary/aromatic N) is 1. The fraction of sp³-hybridized carbons (Fsp3) is 0.727. The Balaban J connectivity index is 1.86. The fourth-order valence-corrected chi connectivity index (χ4v) is 3.03. The average Bonchev–Trinajstić information content (AvgIpc) is 2.68. The van der Waals surface area contributed by atoms with E-state index in [0.29, 0.717) is 0 Å². The molecule has 1 aromatic rings. The van der Waals surface area contributed by atoms with E-state index in [0.717, 1.165) is 31.8 Å². The van der Waals surface area contributed by atoms with Gasteiger partial charge in [0.15, 0.2) is 0 Å². The molecule has 0 spiro atoms. The van der Waals surface area contributed by atoms with Gasteiger partial charge in [0, 0.05) is 30.5 Å². The highest BCUT2D eigenvalue weighted by molar-refractivity contribution is 7.11. The van der Waals surface area contributed by atoms with E-state index in [1.165, 1.54) is 22.7 Å². The van der Waals surface area contributed by atoms with Gasteiger partial charge in [-0.05, 0) is 31.8 Å². The van der Waals surface area contributed by atoms with Crippen molar-refractivity contribution < 1.29 is 5.11 Å². The maximum Gasteiger partial charge on any atom is 0.0930 e. The van der Waals surface area contributed by atoms with Gasteiger partial charge in [0.25, 0.3) is 0 Å². The lowest BCUT2D eigenvalue weighted by Crippen LogP contribution is -2.28. The Hall–Kier alpha value is -0.450. The van der Waals surface area contributed by atoms with E-state index < -0.39 is 0 Å². The smallest absolute Gasteiger partial charge is 0.0930 e. The van der Waals surface area contributed by atoms with Crippen molar-refractivity contribution in [2.45, 2.75) is 25.7 Å². The third kappa shape index (κ3) is 3.26. The molecule has 2 heterocycles. The number of rotatable bonds is 4. The maximum atomic E-state index is 8.82. The van der Waals surface area contributed by atoms with E-state index in [4.69, 9.17) is 5.11 Å². The van der Waals surface area contributed by atoms with Crippen LogP contribution in [0, 0.1) is 5.92 Å². The molecular weight excluding hydrogens is 208 g/mol. The van der Waals surface area contributed by atoms with Crippen molar-refractivity contribution in [2.75, 3.05) is 19.7 Å². The van der Waals surface area contributed by atoms with Crippen LogP contribution in [0.25, 0.3) is 0 Å². The van der Waals surface area contributed by atoms with Crippen LogP contribution in [0.5, 0.6) is 0 Å². The van der Waals surface area contributed by atoms with E-state index in [9.17, 15) is 0 Å². The van der Waals surface area contributed by atoms with Crippen LogP contribution in [0.3, 0.4) is 0 Å². The monoisotopic (exact) mass is 226 g/mol. The first-order chi connectivity index (χ1) is 7.38. The van der Waals surface area contributed by atoms with Crippen molar-refractivity contribution in [3.63, 3.8) is 0 Å². The average molecular weight is 226 g/mol. The molecule has 1 aromatic heterocycles. The van der Waals surface area contributed by atoms with Crippen LogP contribution in [-0.2, 0) is 12.8 Å². The van der Waals surface area contributed by atoms with Crippen molar-refractivity contribution in [1.82, 2.24) is 10.3 Å². The van der Waals surface area contributed by atoms with Gasteiger partial charge >= 0.3 is 0 Å². The van der Waals surface area contributed by atoms with Gasteiger partial charge in [-0.25, -0.2) is 4.98 Å². The van der Waals surface area contributed by atoms with Gasteiger partial charge in [0.05, 0.1) is 5.01 Å². The summed E-state index contributed by atoms with van der Waals surface area (Å²) in [6.45, 7) is 2.54. The van der Waals surface area contributed by atoms with Crippen LogP contribution in [0.1, 0.15) is 22.7 Å². The summed E-state index contributed by atoms with van der Waals surface area (Å²) in [5.74, 6) is 0.805. The molecule has 0 aromatic carbocycles. The molecule has 0 bridgehead atoms. The Morgan fingerprint density at radius 2 is 2.27 bits per heavy atom. The van der Waals surface area contributed by atoms with Gasteiger partial charge in [0.2, 0.25) is 0 Å². The SMILES string of the molecule is OCCc1cnc(CC2CCNCC2)s1. The zero-order valence-electron chi connectivity index (χ0n) is 8.91. The highest BCUT2D eigenvalue weighted by atomic mass is 32.1. The summed E-state index contributed by atoms with van der Waals surface area (Å²) in [5.41, 5.74) is 0. The molecule has 1 aliphatic heterocycles. The maximum absolute atomic E-state index is 8.82. The molecule has 4 heteroatoms. The molecule has 1 aliphatic rings. The summed E-state index contributed by atoms with van der Waals surface area (Å²) in [7, 11) is 0. The molecule has 15 heavy (non-hydrogen) atoms. The third-order valence-corrected chi connectivity index (χ3v) is 3.96. The van der Waals surface area contributed by atoms with Gasteiger partial charge in [0.1, 0.15) is 0 Å². The second kappa shape index (κ2) is 5.58. The number of aromatic nitrogens is 1. The Morgan fingerprint density at radius 3 is 3.00 bits per heavy atom. The summed E-state index contributed by atoms with van der Waals surface area (Å²) >= 11 is 1.76. The topological polar surface area (TPSA) is 45.2 Å². The lowest BCUT2D eigenvalue weighted by Gasteiger charge is -2.21. The number of nitrogens with one attached hydrogen (secondary N) is 1. The Labute approximate surface area is 94.5 Å². The van der Waals surface area contributed by atoms with Crippen LogP contribution >= 0.6 is 11.3 Å². The van der Waals surface area contributed by atoms with Gasteiger partial charge in [-0.1, -0.05) is 0 Å². The molecular formula is C11H18N2OS. The van der Waals surface area contributed by atoms with E-state index in [2.05, 4.69) is 10.3 Å². The van der Waals surface area contributed by atoms with E-state index in [1.807, 2.05) is 6.20 Å². The van der Waals surface area contributed by atoms with Crippen molar-refractivity contribution >= 4 is 11.3 Å². The predicted molar refractivity (Wildman–Crippen MR) is 62.2 cm³/mol. The second-order valence-corrected chi connectivity index (χ2v) is 5.29. The predicted octanol–water partition coefficient (Wildman–Crippen LogP) is 1.22. The van der Waals surface area contributed by atoms with Crippen LogP contribution in [-0.4, -0.2) is 29.8 Å². The Morgan fingerprint density at radius 1 is 1.47 bits per heavy atom. The number of hydrogen-bond donors (Lipinski definition) is 2. The minimum atomic E-state index is 0.231. The molecule has 84 valence electrons. The summed E-state index contributed by atoms with van der Waals surface area (Å²) in [5, 5.41) is 13.4. The first-order valence-electron chi connectivity index (χ1n) is 5.63. The van der Waals surface area contributed by atoms with Crippen molar-refractivity contribution in [3.05, 3.63) is 16.1 Å². The number of piperidine rings is 1. The number of aliphatic hydroxyl groups is 1. The van der Waals surface area contributed by atoms with Crippen LogP contribution in [0.2, 0.25) is 0 Å². The largest absolute Gasteiger partial charge is 0.396 e. The van der Waals surface area contributed by atoms with Crippen LogP contribution < -0.4 is 5.32 Å². The third-order valence-electron chi connectivity index (χ3n) is 2.88. The number of thiazole rings is 1. The highest BCUT2D eigenvalue weighted by Crippen LogP contribution is 2.21. The quantitative estimate of drug-likeness (QED) is 0.811. The van der Waals surface area contributed by atoms with Gasteiger partial charge in [-0.15, -0.1) is 11.3 Å². The molecule has 0 amide bonds. The molecule has 2 rings (SSSR count). The molecule has 0 unspecified atom stereocenters. The second-order valence-electron chi connectivity index (χ2n) is 4.09. The zero-order valence-corrected chi connectivity index (χ0v) is 9.72. The highest BCUT2D eigenvalue weighted by Gasteiger charge is 2.15. The molecule has 0 aliphatic carbocycles. The van der Waals surface area contributed by atoms with Crippen molar-refractivity contribution in [2.24, 2.45) is 5.92 Å². The van der Waals surface area contributed by atoms with Gasteiger partial charge in [-0.2, -0.15) is 0 Å². The number of hydrogen-bond acceptors (Lipinski definition) is 4. The lowest BCUT2D eigenvalue weighted by molar-refractivity contribution is 0.300.